The first-order valence-electron chi connectivity index (χ1n) is 3.81. The van der Waals surface area contributed by atoms with Gasteiger partial charge in [0.2, 0.25) is 0 Å². The number of nitrogens with one attached hydrogen (secondary N) is 1. The van der Waals surface area contributed by atoms with Crippen LogP contribution in [0.15, 0.2) is 0 Å². The highest BCUT2D eigenvalue weighted by Crippen LogP contribution is 2.06. The highest BCUT2D eigenvalue weighted by atomic mass is 32.1. The van der Waals surface area contributed by atoms with Crippen molar-refractivity contribution in [1.82, 2.24) is 15.1 Å². The Hall–Kier alpha value is -0.420. The molecule has 12 heavy (non-hydrogen) atoms. The summed E-state index contributed by atoms with van der Waals surface area (Å²) >= 11 is 10.3. The first kappa shape index (κ1) is 9.67. The lowest BCUT2D eigenvalue weighted by Gasteiger charge is -2.23. The van der Waals surface area contributed by atoms with Crippen LogP contribution in [0.25, 0.3) is 0 Å². The van der Waals surface area contributed by atoms with E-state index in [1.54, 1.807) is 0 Å². The van der Waals surface area contributed by atoms with Crippen molar-refractivity contribution in [3.8, 4) is 0 Å². The van der Waals surface area contributed by atoms with E-state index in [0.29, 0.717) is 6.04 Å². The van der Waals surface area contributed by atoms with Crippen LogP contribution in [0.3, 0.4) is 0 Å². The van der Waals surface area contributed by atoms with Crippen LogP contribution in [0.5, 0.6) is 0 Å². The van der Waals surface area contributed by atoms with E-state index in [4.69, 9.17) is 24.4 Å². The third-order valence-electron chi connectivity index (χ3n) is 1.68. The molecule has 0 aromatic rings. The summed E-state index contributed by atoms with van der Waals surface area (Å²) < 4.78 is 0. The molecular weight excluding hydrogens is 190 g/mol. The Kier molecular flexibility index (Phi) is 2.85. The number of hydrogen-bond acceptors (Lipinski definition) is 2. The molecular formula is C7H13N3S2. The van der Waals surface area contributed by atoms with Gasteiger partial charge in [-0.05, 0) is 31.4 Å². The SMILES string of the molecule is CC1CN(C(=S)N(C)C)C(=S)N1. The predicted molar refractivity (Wildman–Crippen MR) is 58.2 cm³/mol. The Bertz CT molecular complexity index is 215. The molecule has 1 fully saturated rings. The summed E-state index contributed by atoms with van der Waals surface area (Å²) in [5.41, 5.74) is 0. The van der Waals surface area contributed by atoms with Crippen molar-refractivity contribution in [3.05, 3.63) is 0 Å². The summed E-state index contributed by atoms with van der Waals surface area (Å²) in [5.74, 6) is 0. The van der Waals surface area contributed by atoms with Gasteiger partial charge in [-0.15, -0.1) is 0 Å². The van der Waals surface area contributed by atoms with Crippen molar-refractivity contribution >= 4 is 34.7 Å². The topological polar surface area (TPSA) is 18.5 Å². The third kappa shape index (κ3) is 1.84. The molecule has 3 nitrogen and oxygen atoms in total. The van der Waals surface area contributed by atoms with Crippen molar-refractivity contribution in [2.75, 3.05) is 20.6 Å². The highest BCUT2D eigenvalue weighted by Gasteiger charge is 2.25. The van der Waals surface area contributed by atoms with Gasteiger partial charge in [0.25, 0.3) is 0 Å². The molecule has 1 heterocycles. The van der Waals surface area contributed by atoms with E-state index < -0.39 is 0 Å². The van der Waals surface area contributed by atoms with Gasteiger partial charge in [0, 0.05) is 26.7 Å². The molecule has 0 aromatic heterocycles. The van der Waals surface area contributed by atoms with E-state index in [-0.39, 0.29) is 0 Å². The Morgan fingerprint density at radius 1 is 1.67 bits per heavy atom. The molecule has 0 amide bonds. The third-order valence-corrected chi connectivity index (χ3v) is 2.61. The lowest BCUT2D eigenvalue weighted by atomic mass is 10.4. The molecule has 1 atom stereocenters. The second kappa shape index (κ2) is 3.53. The van der Waals surface area contributed by atoms with E-state index >= 15 is 0 Å². The van der Waals surface area contributed by atoms with E-state index in [1.807, 2.05) is 23.9 Å². The van der Waals surface area contributed by atoms with Crippen LogP contribution in [-0.2, 0) is 0 Å². The average Bonchev–Trinajstić information content (AvgIpc) is 2.28. The molecule has 1 aliphatic heterocycles. The monoisotopic (exact) mass is 203 g/mol. The zero-order chi connectivity index (χ0) is 9.30. The zero-order valence-corrected chi connectivity index (χ0v) is 9.13. The minimum Gasteiger partial charge on any atom is -0.358 e. The van der Waals surface area contributed by atoms with Gasteiger partial charge in [0.05, 0.1) is 0 Å². The second-order valence-electron chi connectivity index (χ2n) is 3.14. The minimum atomic E-state index is 0.399. The molecule has 0 saturated carbocycles. The van der Waals surface area contributed by atoms with Crippen LogP contribution >= 0.6 is 24.4 Å². The summed E-state index contributed by atoms with van der Waals surface area (Å²) in [7, 11) is 3.85. The van der Waals surface area contributed by atoms with Crippen LogP contribution in [0.4, 0.5) is 0 Å². The van der Waals surface area contributed by atoms with Crippen molar-refractivity contribution in [2.45, 2.75) is 13.0 Å². The van der Waals surface area contributed by atoms with Crippen LogP contribution in [0.2, 0.25) is 0 Å². The Balaban J connectivity index is 2.64. The van der Waals surface area contributed by atoms with E-state index in [2.05, 4.69) is 12.2 Å². The van der Waals surface area contributed by atoms with E-state index in [0.717, 1.165) is 16.8 Å². The quantitative estimate of drug-likeness (QED) is 0.573. The molecule has 0 spiro atoms. The Morgan fingerprint density at radius 2 is 2.25 bits per heavy atom. The van der Waals surface area contributed by atoms with Crippen molar-refractivity contribution in [3.63, 3.8) is 0 Å². The number of hydrogen-bond donors (Lipinski definition) is 1. The van der Waals surface area contributed by atoms with Gasteiger partial charge in [-0.3, -0.25) is 4.90 Å². The molecule has 68 valence electrons. The second-order valence-corrected chi connectivity index (χ2v) is 3.89. The predicted octanol–water partition coefficient (Wildman–Crippen LogP) is 0.412. The van der Waals surface area contributed by atoms with Gasteiger partial charge in [0.15, 0.2) is 10.2 Å². The maximum Gasteiger partial charge on any atom is 0.177 e. The van der Waals surface area contributed by atoms with Crippen LogP contribution in [0.1, 0.15) is 6.92 Å². The molecule has 1 rings (SSSR count). The number of nitrogens with zero attached hydrogens (tertiary/aromatic N) is 2. The highest BCUT2D eigenvalue weighted by molar-refractivity contribution is 7.81. The number of rotatable bonds is 0. The van der Waals surface area contributed by atoms with Gasteiger partial charge in [-0.1, -0.05) is 0 Å². The van der Waals surface area contributed by atoms with Crippen LogP contribution < -0.4 is 5.32 Å². The summed E-state index contributed by atoms with van der Waals surface area (Å²) in [6.45, 7) is 2.96. The van der Waals surface area contributed by atoms with Gasteiger partial charge in [-0.25, -0.2) is 0 Å². The summed E-state index contributed by atoms with van der Waals surface area (Å²) in [6, 6.07) is 0.399. The van der Waals surface area contributed by atoms with Gasteiger partial charge >= 0.3 is 0 Å². The number of thiocarbonyl (C=S) groups is 2. The fraction of sp³-hybridized carbons (Fsp3) is 0.714. The lowest BCUT2D eigenvalue weighted by Crippen LogP contribution is -2.40. The van der Waals surface area contributed by atoms with Crippen molar-refractivity contribution in [1.29, 1.82) is 0 Å². The van der Waals surface area contributed by atoms with Gasteiger partial charge < -0.3 is 10.2 Å². The largest absolute Gasteiger partial charge is 0.358 e. The first-order valence-corrected chi connectivity index (χ1v) is 4.63. The molecule has 5 heteroatoms. The fourth-order valence-corrected chi connectivity index (χ4v) is 1.68. The average molecular weight is 203 g/mol. The molecule has 0 bridgehead atoms. The first-order chi connectivity index (χ1) is 5.52. The molecule has 1 N–H and O–H groups in total. The molecule has 1 aliphatic rings. The molecule has 1 saturated heterocycles. The molecule has 0 aromatic carbocycles. The van der Waals surface area contributed by atoms with Crippen molar-refractivity contribution < 1.29 is 0 Å². The molecule has 1 unspecified atom stereocenters. The lowest BCUT2D eigenvalue weighted by molar-refractivity contribution is 0.514. The van der Waals surface area contributed by atoms with E-state index in [1.165, 1.54) is 0 Å². The van der Waals surface area contributed by atoms with Crippen LogP contribution in [0, 0.1) is 0 Å². The standard InChI is InChI=1S/C7H13N3S2/c1-5-4-10(6(11)8-5)7(12)9(2)3/h5H,4H2,1-3H3,(H,8,11). The van der Waals surface area contributed by atoms with Gasteiger partial charge in [0.1, 0.15) is 0 Å². The summed E-state index contributed by atoms with van der Waals surface area (Å²) in [6.07, 6.45) is 0. The Morgan fingerprint density at radius 3 is 2.58 bits per heavy atom. The van der Waals surface area contributed by atoms with Crippen molar-refractivity contribution in [2.24, 2.45) is 0 Å². The zero-order valence-electron chi connectivity index (χ0n) is 7.50. The van der Waals surface area contributed by atoms with E-state index in [9.17, 15) is 0 Å². The molecule has 0 aliphatic carbocycles. The normalized spacial score (nSPS) is 22.4. The van der Waals surface area contributed by atoms with Gasteiger partial charge in [-0.2, -0.15) is 0 Å². The Labute approximate surface area is 83.7 Å². The maximum atomic E-state index is 5.19. The van der Waals surface area contributed by atoms with Crippen LogP contribution in [-0.4, -0.2) is 46.7 Å². The summed E-state index contributed by atoms with van der Waals surface area (Å²) in [4.78, 5) is 3.83. The molecule has 0 radical (unpaired) electrons. The fourth-order valence-electron chi connectivity index (χ4n) is 1.10. The summed E-state index contributed by atoms with van der Waals surface area (Å²) in [5, 5.41) is 4.66. The minimum absolute atomic E-state index is 0.399. The maximum absolute atomic E-state index is 5.19. The smallest absolute Gasteiger partial charge is 0.177 e.